The first kappa shape index (κ1) is 18.3. The third-order valence-electron chi connectivity index (χ3n) is 5.62. The van der Waals surface area contributed by atoms with E-state index in [1.165, 1.54) is 7.11 Å². The first-order chi connectivity index (χ1) is 13.7. The lowest BCUT2D eigenvalue weighted by molar-refractivity contribution is -0.147. The summed E-state index contributed by atoms with van der Waals surface area (Å²) >= 11 is 0. The molecule has 1 aromatic heterocycles. The van der Waals surface area contributed by atoms with Crippen LogP contribution in [0, 0.1) is 11.8 Å². The van der Waals surface area contributed by atoms with Gasteiger partial charge in [0.05, 0.1) is 31.4 Å². The van der Waals surface area contributed by atoms with E-state index in [9.17, 15) is 9.59 Å². The number of ether oxygens (including phenoxy) is 2. The minimum absolute atomic E-state index is 0.0307. The van der Waals surface area contributed by atoms with Crippen molar-refractivity contribution in [2.75, 3.05) is 7.11 Å². The summed E-state index contributed by atoms with van der Waals surface area (Å²) in [6.07, 6.45) is 6.38. The van der Waals surface area contributed by atoms with Crippen molar-refractivity contribution in [2.24, 2.45) is 11.8 Å². The van der Waals surface area contributed by atoms with Gasteiger partial charge in [-0.1, -0.05) is 42.5 Å². The Bertz CT molecular complexity index is 845. The summed E-state index contributed by atoms with van der Waals surface area (Å²) in [5.41, 5.74) is 0.924. The lowest BCUT2D eigenvalue weighted by Crippen LogP contribution is -2.42. The van der Waals surface area contributed by atoms with E-state index in [-0.39, 0.29) is 36.5 Å². The second kappa shape index (κ2) is 7.92. The molecule has 2 aromatic rings. The predicted octanol–water partition coefficient (Wildman–Crippen LogP) is 4.10. The van der Waals surface area contributed by atoms with Crippen LogP contribution in [0.3, 0.4) is 0 Å². The number of benzene rings is 1. The van der Waals surface area contributed by atoms with Crippen molar-refractivity contribution < 1.29 is 23.5 Å². The monoisotopic (exact) mass is 381 g/mol. The van der Waals surface area contributed by atoms with Crippen LogP contribution in [0.2, 0.25) is 0 Å². The average Bonchev–Trinajstić information content (AvgIpc) is 3.39. The Hall–Kier alpha value is -3.02. The van der Waals surface area contributed by atoms with Gasteiger partial charge in [0.2, 0.25) is 0 Å². The Balaban J connectivity index is 1.58. The molecule has 1 aliphatic heterocycles. The van der Waals surface area contributed by atoms with Crippen molar-refractivity contribution in [1.82, 2.24) is 4.90 Å². The van der Waals surface area contributed by atoms with E-state index < -0.39 is 6.09 Å². The van der Waals surface area contributed by atoms with Gasteiger partial charge in [0.25, 0.3) is 0 Å². The molecule has 28 heavy (non-hydrogen) atoms. The Morgan fingerprint density at radius 2 is 2.00 bits per heavy atom. The summed E-state index contributed by atoms with van der Waals surface area (Å²) in [4.78, 5) is 27.0. The summed E-state index contributed by atoms with van der Waals surface area (Å²) in [5.74, 6) is 0.154. The minimum atomic E-state index is -0.409. The SMILES string of the molecule is COC(=O)[C@H]1CC=C[C@H]2[C@@H]1C[C@@H](c1ccco1)N2C(=O)OCc1ccccc1. The van der Waals surface area contributed by atoms with Crippen molar-refractivity contribution in [1.29, 1.82) is 0 Å². The largest absolute Gasteiger partial charge is 0.469 e. The summed E-state index contributed by atoms with van der Waals surface area (Å²) in [5, 5.41) is 0. The molecule has 2 aliphatic rings. The number of hydrogen-bond acceptors (Lipinski definition) is 5. The molecule has 1 fully saturated rings. The maximum Gasteiger partial charge on any atom is 0.411 e. The Labute approximate surface area is 163 Å². The molecule has 146 valence electrons. The molecule has 6 heteroatoms. The fourth-order valence-corrected chi connectivity index (χ4v) is 4.30. The van der Waals surface area contributed by atoms with Crippen LogP contribution in [0.5, 0.6) is 0 Å². The molecular formula is C22H23NO5. The van der Waals surface area contributed by atoms with Crippen molar-refractivity contribution in [3.8, 4) is 0 Å². The van der Waals surface area contributed by atoms with Gasteiger partial charge in [0, 0.05) is 0 Å². The van der Waals surface area contributed by atoms with Gasteiger partial charge in [0.15, 0.2) is 0 Å². The zero-order valence-electron chi connectivity index (χ0n) is 15.7. The van der Waals surface area contributed by atoms with Crippen LogP contribution in [0.25, 0.3) is 0 Å². The maximum absolute atomic E-state index is 13.0. The van der Waals surface area contributed by atoms with Gasteiger partial charge in [-0.15, -0.1) is 0 Å². The number of methoxy groups -OCH3 is 1. The van der Waals surface area contributed by atoms with Crippen molar-refractivity contribution in [2.45, 2.75) is 31.5 Å². The van der Waals surface area contributed by atoms with Gasteiger partial charge in [0.1, 0.15) is 12.4 Å². The number of esters is 1. The zero-order chi connectivity index (χ0) is 19.5. The molecule has 0 saturated carbocycles. The number of rotatable bonds is 4. The van der Waals surface area contributed by atoms with E-state index in [1.807, 2.05) is 48.6 Å². The molecule has 2 heterocycles. The second-order valence-electron chi connectivity index (χ2n) is 7.16. The number of carbonyl (C=O) groups is 2. The number of amides is 1. The lowest BCUT2D eigenvalue weighted by atomic mass is 9.79. The number of furan rings is 1. The van der Waals surface area contributed by atoms with Gasteiger partial charge in [-0.2, -0.15) is 0 Å². The van der Waals surface area contributed by atoms with Gasteiger partial charge in [-0.25, -0.2) is 4.79 Å². The van der Waals surface area contributed by atoms with Gasteiger partial charge in [-0.3, -0.25) is 9.69 Å². The van der Waals surface area contributed by atoms with Crippen molar-refractivity contribution in [3.63, 3.8) is 0 Å². The molecule has 0 spiro atoms. The fraction of sp³-hybridized carbons (Fsp3) is 0.364. The van der Waals surface area contributed by atoms with Crippen LogP contribution < -0.4 is 0 Å². The van der Waals surface area contributed by atoms with Crippen LogP contribution >= 0.6 is 0 Å². The number of hydrogen-bond donors (Lipinski definition) is 0. The van der Waals surface area contributed by atoms with Crippen LogP contribution in [0.15, 0.2) is 65.3 Å². The standard InChI is InChI=1S/C22H23NO5/c1-26-21(24)16-9-5-10-18-17(16)13-19(20-11-6-12-27-20)23(18)22(25)28-14-15-7-3-2-4-8-15/h2-8,10-12,16-19H,9,13-14H2,1H3/t16-,17+,18-,19-/m0/s1. The second-order valence-corrected chi connectivity index (χ2v) is 7.16. The van der Waals surface area contributed by atoms with E-state index in [4.69, 9.17) is 13.9 Å². The minimum Gasteiger partial charge on any atom is -0.469 e. The summed E-state index contributed by atoms with van der Waals surface area (Å²) in [6, 6.07) is 12.7. The molecule has 0 unspecified atom stereocenters. The maximum atomic E-state index is 13.0. The lowest BCUT2D eigenvalue weighted by Gasteiger charge is -2.32. The number of nitrogens with zero attached hydrogens (tertiary/aromatic N) is 1. The van der Waals surface area contributed by atoms with Crippen LogP contribution in [-0.2, 0) is 20.9 Å². The fourth-order valence-electron chi connectivity index (χ4n) is 4.30. The van der Waals surface area contributed by atoms with Gasteiger partial charge >= 0.3 is 12.1 Å². The van der Waals surface area contributed by atoms with Crippen LogP contribution in [0.4, 0.5) is 4.79 Å². The quantitative estimate of drug-likeness (QED) is 0.589. The number of allylic oxidation sites excluding steroid dienone is 1. The topological polar surface area (TPSA) is 69.0 Å². The molecule has 6 nitrogen and oxygen atoms in total. The Morgan fingerprint density at radius 1 is 1.18 bits per heavy atom. The highest BCUT2D eigenvalue weighted by molar-refractivity contribution is 5.75. The summed E-state index contributed by atoms with van der Waals surface area (Å²) < 4.78 is 16.2. The highest BCUT2D eigenvalue weighted by Crippen LogP contribution is 2.47. The highest BCUT2D eigenvalue weighted by Gasteiger charge is 2.50. The normalized spacial score (nSPS) is 26.0. The van der Waals surface area contributed by atoms with Crippen LogP contribution in [-0.4, -0.2) is 30.1 Å². The van der Waals surface area contributed by atoms with Crippen molar-refractivity contribution >= 4 is 12.1 Å². The third kappa shape index (κ3) is 3.42. The molecular weight excluding hydrogens is 358 g/mol. The van der Waals surface area contributed by atoms with Crippen LogP contribution in [0.1, 0.15) is 30.2 Å². The van der Waals surface area contributed by atoms with E-state index in [2.05, 4.69) is 0 Å². The Kier molecular flexibility index (Phi) is 5.19. The van der Waals surface area contributed by atoms with E-state index in [0.717, 1.165) is 5.56 Å². The highest BCUT2D eigenvalue weighted by atomic mass is 16.6. The van der Waals surface area contributed by atoms with E-state index in [1.54, 1.807) is 17.2 Å². The zero-order valence-corrected chi connectivity index (χ0v) is 15.7. The first-order valence-electron chi connectivity index (χ1n) is 9.46. The molecule has 1 saturated heterocycles. The number of likely N-dealkylation sites (tertiary alicyclic amines) is 1. The first-order valence-corrected chi connectivity index (χ1v) is 9.46. The predicted molar refractivity (Wildman–Crippen MR) is 101 cm³/mol. The third-order valence-corrected chi connectivity index (χ3v) is 5.62. The number of fused-ring (bicyclic) bond motifs is 1. The summed E-state index contributed by atoms with van der Waals surface area (Å²) in [7, 11) is 1.40. The van der Waals surface area contributed by atoms with E-state index in [0.29, 0.717) is 18.6 Å². The smallest absolute Gasteiger partial charge is 0.411 e. The van der Waals surface area contributed by atoms with E-state index >= 15 is 0 Å². The molecule has 0 radical (unpaired) electrons. The van der Waals surface area contributed by atoms with Crippen molar-refractivity contribution in [3.05, 3.63) is 72.2 Å². The molecule has 0 bridgehead atoms. The Morgan fingerprint density at radius 3 is 2.71 bits per heavy atom. The van der Waals surface area contributed by atoms with Gasteiger partial charge in [-0.05, 0) is 36.5 Å². The molecule has 1 aromatic carbocycles. The van der Waals surface area contributed by atoms with Gasteiger partial charge < -0.3 is 13.9 Å². The molecule has 4 rings (SSSR count). The molecule has 1 aliphatic carbocycles. The summed E-state index contributed by atoms with van der Waals surface area (Å²) in [6.45, 7) is 0.197. The average molecular weight is 381 g/mol. The molecule has 4 atom stereocenters. The number of carbonyl (C=O) groups excluding carboxylic acids is 2. The molecule has 1 amide bonds. The molecule has 0 N–H and O–H groups in total.